The second-order valence-electron chi connectivity index (χ2n) is 2.17. The quantitative estimate of drug-likeness (QED) is 0.636. The third kappa shape index (κ3) is 4.56. The maximum absolute atomic E-state index is 5.03. The van der Waals surface area contributed by atoms with Crippen molar-refractivity contribution >= 4 is 17.4 Å². The maximum atomic E-state index is 5.03. The maximum Gasteiger partial charge on any atom is 0.256 e. The van der Waals surface area contributed by atoms with Crippen LogP contribution in [0.4, 0.5) is 0 Å². The average molecular weight is 161 g/mol. The van der Waals surface area contributed by atoms with Gasteiger partial charge in [0, 0.05) is 6.04 Å². The Bertz CT molecular complexity index is 106. The molecular formula is C7H15NOS. The minimum absolute atomic E-state index is 0.416. The van der Waals surface area contributed by atoms with E-state index in [1.54, 1.807) is 0 Å². The molecule has 0 aromatic rings. The number of hydrogen-bond acceptors (Lipinski definition) is 2. The summed E-state index contributed by atoms with van der Waals surface area (Å²) in [7, 11) is 0. The van der Waals surface area contributed by atoms with E-state index in [9.17, 15) is 0 Å². The van der Waals surface area contributed by atoms with Gasteiger partial charge in [0.05, 0.1) is 6.61 Å². The zero-order valence-electron chi connectivity index (χ0n) is 6.81. The first kappa shape index (κ1) is 9.69. The lowest BCUT2D eigenvalue weighted by atomic mass is 10.3. The highest BCUT2D eigenvalue weighted by molar-refractivity contribution is 7.80. The molecule has 1 N–H and O–H groups in total. The number of rotatable bonds is 3. The monoisotopic (exact) mass is 161 g/mol. The summed E-state index contributed by atoms with van der Waals surface area (Å²) in [6.45, 7) is 6.74. The van der Waals surface area contributed by atoms with Crippen LogP contribution in [0.15, 0.2) is 0 Å². The van der Waals surface area contributed by atoms with Crippen LogP contribution in [0.3, 0.4) is 0 Å². The van der Waals surface area contributed by atoms with Crippen molar-refractivity contribution < 1.29 is 4.74 Å². The molecule has 1 unspecified atom stereocenters. The summed E-state index contributed by atoms with van der Waals surface area (Å²) in [6.07, 6.45) is 1.06. The Hall–Kier alpha value is -0.310. The topological polar surface area (TPSA) is 21.3 Å². The first-order chi connectivity index (χ1) is 4.70. The molecule has 0 aromatic carbocycles. The average Bonchev–Trinajstić information content (AvgIpc) is 1.88. The van der Waals surface area contributed by atoms with Gasteiger partial charge in [0.1, 0.15) is 0 Å². The molecule has 0 rings (SSSR count). The fraction of sp³-hybridized carbons (Fsp3) is 0.857. The molecule has 0 saturated carbocycles. The van der Waals surface area contributed by atoms with E-state index >= 15 is 0 Å². The van der Waals surface area contributed by atoms with Gasteiger partial charge in [-0.3, -0.25) is 0 Å². The summed E-state index contributed by atoms with van der Waals surface area (Å²) >= 11 is 4.86. The number of hydrogen-bond donors (Lipinski definition) is 1. The Morgan fingerprint density at radius 1 is 1.60 bits per heavy atom. The van der Waals surface area contributed by atoms with Crippen LogP contribution >= 0.6 is 12.2 Å². The molecule has 1 atom stereocenters. The number of thiocarbonyl (C=S) groups is 1. The van der Waals surface area contributed by atoms with Crippen molar-refractivity contribution in [1.29, 1.82) is 0 Å². The fourth-order valence-electron chi connectivity index (χ4n) is 0.476. The van der Waals surface area contributed by atoms with Crippen LogP contribution in [0, 0.1) is 0 Å². The third-order valence-electron chi connectivity index (χ3n) is 1.25. The summed E-state index contributed by atoms with van der Waals surface area (Å²) in [5.41, 5.74) is 0. The predicted octanol–water partition coefficient (Wildman–Crippen LogP) is 1.70. The minimum atomic E-state index is 0.416. The summed E-state index contributed by atoms with van der Waals surface area (Å²) in [5, 5.41) is 3.55. The molecular weight excluding hydrogens is 146 g/mol. The van der Waals surface area contributed by atoms with Crippen molar-refractivity contribution in [3.05, 3.63) is 0 Å². The molecule has 0 spiro atoms. The van der Waals surface area contributed by atoms with Gasteiger partial charge in [-0.25, -0.2) is 0 Å². The fourth-order valence-corrected chi connectivity index (χ4v) is 0.795. The van der Waals surface area contributed by atoms with E-state index in [1.807, 2.05) is 6.92 Å². The van der Waals surface area contributed by atoms with Crippen LogP contribution in [0.25, 0.3) is 0 Å². The molecule has 60 valence electrons. The van der Waals surface area contributed by atoms with Crippen LogP contribution in [-0.2, 0) is 4.74 Å². The van der Waals surface area contributed by atoms with Crippen molar-refractivity contribution in [2.45, 2.75) is 33.2 Å². The van der Waals surface area contributed by atoms with Gasteiger partial charge in [0.25, 0.3) is 5.17 Å². The zero-order valence-corrected chi connectivity index (χ0v) is 7.62. The van der Waals surface area contributed by atoms with Crippen LogP contribution < -0.4 is 5.32 Å². The van der Waals surface area contributed by atoms with E-state index in [1.165, 1.54) is 0 Å². The van der Waals surface area contributed by atoms with Gasteiger partial charge < -0.3 is 10.1 Å². The lowest BCUT2D eigenvalue weighted by Gasteiger charge is -2.12. The van der Waals surface area contributed by atoms with Crippen LogP contribution in [0.5, 0.6) is 0 Å². The zero-order chi connectivity index (χ0) is 7.98. The number of nitrogens with one attached hydrogen (secondary N) is 1. The molecule has 0 aliphatic rings. The van der Waals surface area contributed by atoms with Crippen LogP contribution in [0.1, 0.15) is 27.2 Å². The molecule has 0 aromatic heterocycles. The molecule has 0 amide bonds. The van der Waals surface area contributed by atoms with Crippen LogP contribution in [-0.4, -0.2) is 17.8 Å². The van der Waals surface area contributed by atoms with Gasteiger partial charge in [-0.1, -0.05) is 6.92 Å². The molecule has 3 heteroatoms. The molecule has 0 bridgehead atoms. The van der Waals surface area contributed by atoms with Gasteiger partial charge >= 0.3 is 0 Å². The number of ether oxygens (including phenoxy) is 1. The van der Waals surface area contributed by atoms with Gasteiger partial charge in [-0.2, -0.15) is 0 Å². The Morgan fingerprint density at radius 3 is 2.60 bits per heavy atom. The summed E-state index contributed by atoms with van der Waals surface area (Å²) in [6, 6.07) is 0.416. The Balaban J connectivity index is 3.37. The molecule has 0 heterocycles. The van der Waals surface area contributed by atoms with E-state index < -0.39 is 0 Å². The predicted molar refractivity (Wildman–Crippen MR) is 47.1 cm³/mol. The highest BCUT2D eigenvalue weighted by atomic mass is 32.1. The lowest BCUT2D eigenvalue weighted by molar-refractivity contribution is 0.314. The summed E-state index contributed by atoms with van der Waals surface area (Å²) in [5.74, 6) is 0. The minimum Gasteiger partial charge on any atom is -0.471 e. The second kappa shape index (κ2) is 5.47. The first-order valence-corrected chi connectivity index (χ1v) is 4.04. The Kier molecular flexibility index (Phi) is 5.30. The van der Waals surface area contributed by atoms with Crippen molar-refractivity contribution in [3.8, 4) is 0 Å². The van der Waals surface area contributed by atoms with Crippen molar-refractivity contribution in [3.63, 3.8) is 0 Å². The Labute approximate surface area is 68.0 Å². The van der Waals surface area contributed by atoms with Crippen molar-refractivity contribution in [2.75, 3.05) is 6.61 Å². The van der Waals surface area contributed by atoms with Crippen LogP contribution in [0.2, 0.25) is 0 Å². The van der Waals surface area contributed by atoms with Gasteiger partial charge in [0.2, 0.25) is 0 Å². The molecule has 0 fully saturated rings. The normalized spacial score (nSPS) is 12.3. The summed E-state index contributed by atoms with van der Waals surface area (Å²) in [4.78, 5) is 0. The SMILES string of the molecule is CCOC(=S)NC(C)CC. The molecule has 2 nitrogen and oxygen atoms in total. The molecule has 0 aliphatic carbocycles. The first-order valence-electron chi connectivity index (χ1n) is 3.64. The third-order valence-corrected chi connectivity index (χ3v) is 1.49. The highest BCUT2D eigenvalue weighted by Gasteiger charge is 1.99. The summed E-state index contributed by atoms with van der Waals surface area (Å²) < 4.78 is 5.03. The van der Waals surface area contributed by atoms with Crippen molar-refractivity contribution in [1.82, 2.24) is 5.32 Å². The standard InChI is InChI=1S/C7H15NOS/c1-4-6(3)8-7(10)9-5-2/h6H,4-5H2,1-3H3,(H,8,10). The Morgan fingerprint density at radius 2 is 2.20 bits per heavy atom. The van der Waals surface area contributed by atoms with Crippen molar-refractivity contribution in [2.24, 2.45) is 0 Å². The van der Waals surface area contributed by atoms with Gasteiger partial charge in [-0.15, -0.1) is 0 Å². The van der Waals surface area contributed by atoms with E-state index in [0.717, 1.165) is 6.42 Å². The highest BCUT2D eigenvalue weighted by Crippen LogP contribution is 1.88. The largest absolute Gasteiger partial charge is 0.471 e. The van der Waals surface area contributed by atoms with Gasteiger partial charge in [0.15, 0.2) is 0 Å². The second-order valence-corrected chi connectivity index (χ2v) is 2.54. The van der Waals surface area contributed by atoms with E-state index in [4.69, 9.17) is 17.0 Å². The molecule has 0 saturated heterocycles. The molecule has 0 aliphatic heterocycles. The molecule has 10 heavy (non-hydrogen) atoms. The van der Waals surface area contributed by atoms with E-state index in [2.05, 4.69) is 19.2 Å². The lowest BCUT2D eigenvalue weighted by Crippen LogP contribution is -2.32. The van der Waals surface area contributed by atoms with E-state index in [-0.39, 0.29) is 0 Å². The molecule has 0 radical (unpaired) electrons. The van der Waals surface area contributed by atoms with Gasteiger partial charge in [-0.05, 0) is 32.5 Å². The smallest absolute Gasteiger partial charge is 0.256 e. The van der Waals surface area contributed by atoms with E-state index in [0.29, 0.717) is 17.8 Å².